The Morgan fingerprint density at radius 3 is 2.40 bits per heavy atom. The second-order valence-corrected chi connectivity index (χ2v) is 8.29. The molecule has 0 atom stereocenters. The van der Waals surface area contributed by atoms with E-state index in [0.29, 0.717) is 55.6 Å². The first-order valence-electron chi connectivity index (χ1n) is 10.6. The number of aliphatic carboxylic acids is 1. The number of ether oxygens (including phenoxy) is 1. The molecule has 0 bridgehead atoms. The van der Waals surface area contributed by atoms with E-state index in [4.69, 9.17) is 9.84 Å². The molecule has 160 valence electrons. The lowest BCUT2D eigenvalue weighted by Crippen LogP contribution is -2.35. The smallest absolute Gasteiger partial charge is 0.303 e. The number of piperidine rings is 1. The summed E-state index contributed by atoms with van der Waals surface area (Å²) in [5, 5.41) is 8.92. The van der Waals surface area contributed by atoms with Crippen molar-refractivity contribution in [2.75, 3.05) is 24.6 Å². The molecule has 5 nitrogen and oxygen atoms in total. The van der Waals surface area contributed by atoms with Gasteiger partial charge in [-0.05, 0) is 55.7 Å². The van der Waals surface area contributed by atoms with Gasteiger partial charge in [0.15, 0.2) is 0 Å². The molecule has 1 aliphatic heterocycles. The molecule has 0 spiro atoms. The van der Waals surface area contributed by atoms with Gasteiger partial charge in [0.05, 0.1) is 12.3 Å². The van der Waals surface area contributed by atoms with E-state index in [-0.39, 0.29) is 18.0 Å². The van der Waals surface area contributed by atoms with E-state index >= 15 is 0 Å². The molecule has 1 N–H and O–H groups in total. The van der Waals surface area contributed by atoms with E-state index in [9.17, 15) is 13.6 Å². The van der Waals surface area contributed by atoms with Crippen LogP contribution in [0.25, 0.3) is 11.3 Å². The second kappa shape index (κ2) is 8.98. The number of carboxylic acid groups (broad SMARTS) is 1. The van der Waals surface area contributed by atoms with Gasteiger partial charge in [0.1, 0.15) is 17.3 Å². The predicted molar refractivity (Wildman–Crippen MR) is 110 cm³/mol. The van der Waals surface area contributed by atoms with Crippen molar-refractivity contribution in [3.05, 3.63) is 42.0 Å². The summed E-state index contributed by atoms with van der Waals surface area (Å²) < 4.78 is 35.5. The minimum atomic E-state index is -0.832. The fraction of sp³-hybridized carbons (Fsp3) is 0.478. The van der Waals surface area contributed by atoms with Crippen LogP contribution in [0.3, 0.4) is 0 Å². The molecule has 30 heavy (non-hydrogen) atoms. The topological polar surface area (TPSA) is 62.7 Å². The summed E-state index contributed by atoms with van der Waals surface area (Å²) in [6.07, 6.45) is 4.90. The van der Waals surface area contributed by atoms with Gasteiger partial charge in [0.2, 0.25) is 5.88 Å². The first-order valence-corrected chi connectivity index (χ1v) is 10.6. The van der Waals surface area contributed by atoms with Crippen molar-refractivity contribution in [1.82, 2.24) is 4.98 Å². The van der Waals surface area contributed by atoms with Crippen molar-refractivity contribution < 1.29 is 23.4 Å². The van der Waals surface area contributed by atoms with Gasteiger partial charge < -0.3 is 14.7 Å². The number of carboxylic acids is 1. The number of carbonyl (C=O) groups is 1. The van der Waals surface area contributed by atoms with Gasteiger partial charge in [-0.2, -0.15) is 0 Å². The molecule has 0 amide bonds. The van der Waals surface area contributed by atoms with E-state index in [1.807, 2.05) is 0 Å². The zero-order valence-corrected chi connectivity index (χ0v) is 16.8. The van der Waals surface area contributed by atoms with Crippen LogP contribution in [0.4, 0.5) is 14.5 Å². The molecular formula is C23H26F2N2O3. The van der Waals surface area contributed by atoms with Crippen LogP contribution in [0.2, 0.25) is 0 Å². The summed E-state index contributed by atoms with van der Waals surface area (Å²) in [4.78, 5) is 16.9. The van der Waals surface area contributed by atoms with Gasteiger partial charge in [-0.25, -0.2) is 13.8 Å². The Labute approximate surface area is 174 Å². The van der Waals surface area contributed by atoms with Crippen LogP contribution >= 0.6 is 0 Å². The molecular weight excluding hydrogens is 390 g/mol. The third-order valence-electron chi connectivity index (χ3n) is 6.12. The highest BCUT2D eigenvalue weighted by Crippen LogP contribution is 2.33. The molecule has 1 aromatic heterocycles. The van der Waals surface area contributed by atoms with Gasteiger partial charge in [-0.3, -0.25) is 4.79 Å². The Morgan fingerprint density at radius 1 is 1.10 bits per heavy atom. The predicted octanol–water partition coefficient (Wildman–Crippen LogP) is 4.90. The molecule has 1 saturated carbocycles. The molecule has 0 unspecified atom stereocenters. The van der Waals surface area contributed by atoms with Gasteiger partial charge in [0, 0.05) is 31.1 Å². The number of rotatable bonds is 7. The van der Waals surface area contributed by atoms with Crippen molar-refractivity contribution in [2.45, 2.75) is 38.5 Å². The van der Waals surface area contributed by atoms with E-state index < -0.39 is 17.6 Å². The number of anilines is 1. The van der Waals surface area contributed by atoms with E-state index in [2.05, 4.69) is 4.98 Å². The molecule has 0 radical (unpaired) electrons. The number of halogens is 2. The number of aromatic nitrogens is 1. The van der Waals surface area contributed by atoms with E-state index in [1.54, 1.807) is 23.1 Å². The normalized spacial score (nSPS) is 17.6. The van der Waals surface area contributed by atoms with Crippen LogP contribution in [0.5, 0.6) is 5.88 Å². The number of pyridine rings is 1. The molecule has 1 aromatic carbocycles. The quantitative estimate of drug-likeness (QED) is 0.696. The summed E-state index contributed by atoms with van der Waals surface area (Å²) in [6, 6.07) is 7.85. The monoisotopic (exact) mass is 416 g/mol. The molecule has 1 saturated heterocycles. The zero-order valence-electron chi connectivity index (χ0n) is 16.8. The summed E-state index contributed by atoms with van der Waals surface area (Å²) in [5.74, 6) is -1.01. The number of benzene rings is 1. The summed E-state index contributed by atoms with van der Waals surface area (Å²) in [7, 11) is 0. The first kappa shape index (κ1) is 20.6. The van der Waals surface area contributed by atoms with Crippen LogP contribution < -0.4 is 9.64 Å². The van der Waals surface area contributed by atoms with Crippen molar-refractivity contribution in [3.63, 3.8) is 0 Å². The molecule has 2 fully saturated rings. The Morgan fingerprint density at radius 2 is 1.80 bits per heavy atom. The number of hydrogen-bond donors (Lipinski definition) is 1. The Hall–Kier alpha value is -2.70. The highest BCUT2D eigenvalue weighted by molar-refractivity contribution is 5.67. The lowest BCUT2D eigenvalue weighted by molar-refractivity contribution is -0.138. The largest absolute Gasteiger partial charge is 0.481 e. The second-order valence-electron chi connectivity index (χ2n) is 8.29. The maximum absolute atomic E-state index is 14.9. The lowest BCUT2D eigenvalue weighted by atomic mass is 9.86. The number of hydrogen-bond acceptors (Lipinski definition) is 4. The van der Waals surface area contributed by atoms with Crippen LogP contribution in [0.15, 0.2) is 30.3 Å². The molecule has 1 aliphatic carbocycles. The molecule has 2 aliphatic rings. The highest BCUT2D eigenvalue weighted by Gasteiger charge is 2.26. The minimum Gasteiger partial charge on any atom is -0.481 e. The molecule has 2 heterocycles. The summed E-state index contributed by atoms with van der Waals surface area (Å²) in [5.41, 5.74) is 0.777. The standard InChI is InChI=1S/C23H26F2N2O3/c24-18-12-17(20-5-2-6-21(26-20)30-14-16-3-1-4-16)13-19(25)23(18)27-9-7-15(8-10-27)11-22(28)29/h2,5-6,12-13,15-16H,1,3-4,7-11,14H2,(H,28,29). The van der Waals surface area contributed by atoms with Crippen molar-refractivity contribution in [2.24, 2.45) is 11.8 Å². The third-order valence-corrected chi connectivity index (χ3v) is 6.12. The average molecular weight is 416 g/mol. The van der Waals surface area contributed by atoms with Crippen LogP contribution in [-0.2, 0) is 4.79 Å². The summed E-state index contributed by atoms with van der Waals surface area (Å²) >= 11 is 0. The SMILES string of the molecule is O=C(O)CC1CCN(c2c(F)cc(-c3cccc(OCC4CCC4)n3)cc2F)CC1. The first-order chi connectivity index (χ1) is 14.5. The summed E-state index contributed by atoms with van der Waals surface area (Å²) in [6.45, 7) is 1.50. The van der Waals surface area contributed by atoms with Crippen molar-refractivity contribution >= 4 is 11.7 Å². The fourth-order valence-electron chi connectivity index (χ4n) is 4.14. The maximum Gasteiger partial charge on any atom is 0.303 e. The maximum atomic E-state index is 14.9. The van der Waals surface area contributed by atoms with E-state index in [1.165, 1.54) is 31.4 Å². The molecule has 7 heteroatoms. The van der Waals surface area contributed by atoms with Crippen molar-refractivity contribution in [1.29, 1.82) is 0 Å². The average Bonchev–Trinajstić information content (AvgIpc) is 2.67. The Kier molecular flexibility index (Phi) is 6.16. The number of nitrogens with zero attached hydrogens (tertiary/aromatic N) is 2. The molecule has 2 aromatic rings. The van der Waals surface area contributed by atoms with Crippen LogP contribution in [-0.4, -0.2) is 35.8 Å². The van der Waals surface area contributed by atoms with E-state index in [0.717, 1.165) is 0 Å². The minimum absolute atomic E-state index is 0.0510. The van der Waals surface area contributed by atoms with Gasteiger partial charge in [-0.15, -0.1) is 0 Å². The van der Waals surface area contributed by atoms with Gasteiger partial charge in [-0.1, -0.05) is 12.5 Å². The van der Waals surface area contributed by atoms with Crippen molar-refractivity contribution in [3.8, 4) is 17.1 Å². The highest BCUT2D eigenvalue weighted by atomic mass is 19.1. The lowest BCUT2D eigenvalue weighted by Gasteiger charge is -2.33. The Balaban J connectivity index is 1.47. The Bertz CT molecular complexity index is 886. The zero-order chi connectivity index (χ0) is 21.1. The van der Waals surface area contributed by atoms with Gasteiger partial charge in [0.25, 0.3) is 0 Å². The molecule has 4 rings (SSSR count). The van der Waals surface area contributed by atoms with Crippen LogP contribution in [0.1, 0.15) is 38.5 Å². The third kappa shape index (κ3) is 4.71. The fourth-order valence-corrected chi connectivity index (χ4v) is 4.14. The van der Waals surface area contributed by atoms with Crippen LogP contribution in [0, 0.1) is 23.5 Å². The van der Waals surface area contributed by atoms with Gasteiger partial charge >= 0.3 is 5.97 Å².